The highest BCUT2D eigenvalue weighted by molar-refractivity contribution is 6.34. The zero-order valence-electron chi connectivity index (χ0n) is 12.4. The minimum atomic E-state index is -0.401. The largest absolute Gasteiger partial charge is 0.482 e. The number of halogens is 2. The van der Waals surface area contributed by atoms with Crippen molar-refractivity contribution in [3.8, 4) is 5.75 Å². The Morgan fingerprint density at radius 3 is 2.96 bits per heavy atom. The SMILES string of the molecule is O=C(COc1cc(Cl)ccc1Cl)N/N=C/c1c[nH]c2ccccc12. The maximum absolute atomic E-state index is 11.8. The molecule has 0 unspecified atom stereocenters. The van der Waals surface area contributed by atoms with E-state index in [1.165, 1.54) is 0 Å². The molecule has 2 aromatic carbocycles. The lowest BCUT2D eigenvalue weighted by Gasteiger charge is -2.07. The average Bonchev–Trinajstić information content (AvgIpc) is 2.99. The topological polar surface area (TPSA) is 66.5 Å². The van der Waals surface area contributed by atoms with Crippen LogP contribution in [-0.2, 0) is 4.79 Å². The summed E-state index contributed by atoms with van der Waals surface area (Å²) in [7, 11) is 0. The predicted molar refractivity (Wildman–Crippen MR) is 96.0 cm³/mol. The normalized spacial score (nSPS) is 11.1. The first-order chi connectivity index (χ1) is 11.6. The fourth-order valence-corrected chi connectivity index (χ4v) is 2.47. The fraction of sp³-hybridized carbons (Fsp3) is 0.0588. The van der Waals surface area contributed by atoms with Crippen LogP contribution in [0.15, 0.2) is 53.8 Å². The van der Waals surface area contributed by atoms with Crippen molar-refractivity contribution >= 4 is 46.2 Å². The summed E-state index contributed by atoms with van der Waals surface area (Å²) in [5, 5.41) is 5.82. The molecule has 0 atom stereocenters. The van der Waals surface area contributed by atoms with Gasteiger partial charge in [-0.2, -0.15) is 5.10 Å². The van der Waals surface area contributed by atoms with Crippen LogP contribution in [0, 0.1) is 0 Å². The van der Waals surface area contributed by atoms with E-state index in [0.717, 1.165) is 16.5 Å². The number of hydrogen-bond acceptors (Lipinski definition) is 3. The molecule has 2 N–H and O–H groups in total. The highest BCUT2D eigenvalue weighted by Crippen LogP contribution is 2.27. The van der Waals surface area contributed by atoms with E-state index in [-0.39, 0.29) is 6.61 Å². The van der Waals surface area contributed by atoms with E-state index in [9.17, 15) is 4.79 Å². The Kier molecular flexibility index (Phi) is 5.03. The summed E-state index contributed by atoms with van der Waals surface area (Å²) >= 11 is 11.8. The van der Waals surface area contributed by atoms with Crippen molar-refractivity contribution in [1.82, 2.24) is 10.4 Å². The lowest BCUT2D eigenvalue weighted by molar-refractivity contribution is -0.123. The van der Waals surface area contributed by atoms with Crippen molar-refractivity contribution in [1.29, 1.82) is 0 Å². The molecule has 0 aliphatic rings. The second-order valence-electron chi connectivity index (χ2n) is 4.95. The quantitative estimate of drug-likeness (QED) is 0.532. The molecule has 0 saturated carbocycles. The summed E-state index contributed by atoms with van der Waals surface area (Å²) in [6.45, 7) is -0.217. The molecule has 3 aromatic rings. The monoisotopic (exact) mass is 361 g/mol. The van der Waals surface area contributed by atoms with Gasteiger partial charge in [-0.15, -0.1) is 0 Å². The molecule has 0 bridgehead atoms. The van der Waals surface area contributed by atoms with Gasteiger partial charge in [0, 0.05) is 33.8 Å². The van der Waals surface area contributed by atoms with Gasteiger partial charge in [0.25, 0.3) is 5.91 Å². The number of rotatable bonds is 5. The van der Waals surface area contributed by atoms with Crippen LogP contribution in [0.3, 0.4) is 0 Å². The van der Waals surface area contributed by atoms with E-state index in [4.69, 9.17) is 27.9 Å². The standard InChI is InChI=1S/C17H13Cl2N3O2/c18-12-5-6-14(19)16(7-12)24-10-17(23)22-21-9-11-8-20-15-4-2-1-3-13(11)15/h1-9,20H,10H2,(H,22,23)/b21-9+. The van der Waals surface area contributed by atoms with Gasteiger partial charge in [0.2, 0.25) is 0 Å². The number of carbonyl (C=O) groups excluding carboxylic acids is 1. The molecule has 3 rings (SSSR count). The molecule has 1 amide bonds. The molecule has 122 valence electrons. The molecule has 7 heteroatoms. The molecule has 0 aliphatic heterocycles. The van der Waals surface area contributed by atoms with Gasteiger partial charge >= 0.3 is 0 Å². The smallest absolute Gasteiger partial charge is 0.277 e. The molecular weight excluding hydrogens is 349 g/mol. The number of amides is 1. The highest BCUT2D eigenvalue weighted by atomic mass is 35.5. The van der Waals surface area contributed by atoms with Crippen molar-refractivity contribution < 1.29 is 9.53 Å². The Hall–Kier alpha value is -2.50. The molecule has 24 heavy (non-hydrogen) atoms. The molecule has 0 fully saturated rings. The second-order valence-corrected chi connectivity index (χ2v) is 5.79. The fourth-order valence-electron chi connectivity index (χ4n) is 2.14. The zero-order valence-corrected chi connectivity index (χ0v) is 13.9. The van der Waals surface area contributed by atoms with E-state index < -0.39 is 5.91 Å². The van der Waals surface area contributed by atoms with Crippen LogP contribution in [0.25, 0.3) is 10.9 Å². The number of carbonyl (C=O) groups is 1. The molecule has 0 radical (unpaired) electrons. The van der Waals surface area contributed by atoms with Crippen molar-refractivity contribution in [2.75, 3.05) is 6.61 Å². The predicted octanol–water partition coefficient (Wildman–Crippen LogP) is 4.00. The number of nitrogens with zero attached hydrogens (tertiary/aromatic N) is 1. The van der Waals surface area contributed by atoms with Gasteiger partial charge in [-0.3, -0.25) is 4.79 Å². The third kappa shape index (κ3) is 3.88. The van der Waals surface area contributed by atoms with Crippen molar-refractivity contribution in [3.05, 3.63) is 64.3 Å². The summed E-state index contributed by atoms with van der Waals surface area (Å²) in [6, 6.07) is 12.6. The number of aromatic nitrogens is 1. The number of benzene rings is 2. The second kappa shape index (κ2) is 7.38. The minimum Gasteiger partial charge on any atom is -0.482 e. The number of nitrogens with one attached hydrogen (secondary N) is 2. The van der Waals surface area contributed by atoms with Crippen LogP contribution in [0.1, 0.15) is 5.56 Å². The number of fused-ring (bicyclic) bond motifs is 1. The van der Waals surface area contributed by atoms with Crippen LogP contribution in [0.4, 0.5) is 0 Å². The van der Waals surface area contributed by atoms with Crippen molar-refractivity contribution in [2.24, 2.45) is 5.10 Å². The molecule has 5 nitrogen and oxygen atoms in total. The maximum atomic E-state index is 11.8. The first-order valence-electron chi connectivity index (χ1n) is 7.09. The molecule has 0 spiro atoms. The van der Waals surface area contributed by atoms with E-state index in [2.05, 4.69) is 15.5 Å². The Balaban J connectivity index is 1.56. The van der Waals surface area contributed by atoms with Gasteiger partial charge in [0.05, 0.1) is 11.2 Å². The molecule has 1 aromatic heterocycles. The third-order valence-electron chi connectivity index (χ3n) is 3.27. The Morgan fingerprint density at radius 2 is 2.08 bits per heavy atom. The zero-order chi connectivity index (χ0) is 16.9. The van der Waals surface area contributed by atoms with Crippen LogP contribution in [0.2, 0.25) is 10.0 Å². The number of hydrogen-bond donors (Lipinski definition) is 2. The number of para-hydroxylation sites is 1. The van der Waals surface area contributed by atoms with Gasteiger partial charge in [-0.25, -0.2) is 5.43 Å². The van der Waals surface area contributed by atoms with Crippen LogP contribution in [-0.4, -0.2) is 23.7 Å². The van der Waals surface area contributed by atoms with Crippen LogP contribution in [0.5, 0.6) is 5.75 Å². The molecular formula is C17H13Cl2N3O2. The number of aromatic amines is 1. The minimum absolute atomic E-state index is 0.217. The first-order valence-corrected chi connectivity index (χ1v) is 7.85. The van der Waals surface area contributed by atoms with Gasteiger partial charge < -0.3 is 9.72 Å². The summed E-state index contributed by atoms with van der Waals surface area (Å²) in [5.74, 6) is -0.0536. The van der Waals surface area contributed by atoms with Gasteiger partial charge in [-0.05, 0) is 18.2 Å². The lowest BCUT2D eigenvalue weighted by atomic mass is 10.2. The van der Waals surface area contributed by atoms with Gasteiger partial charge in [0.15, 0.2) is 6.61 Å². The number of ether oxygens (including phenoxy) is 1. The highest BCUT2D eigenvalue weighted by Gasteiger charge is 2.06. The van der Waals surface area contributed by atoms with E-state index >= 15 is 0 Å². The van der Waals surface area contributed by atoms with Crippen LogP contribution >= 0.6 is 23.2 Å². The molecule has 0 saturated heterocycles. The van der Waals surface area contributed by atoms with Crippen molar-refractivity contribution in [3.63, 3.8) is 0 Å². The Morgan fingerprint density at radius 1 is 1.25 bits per heavy atom. The summed E-state index contributed by atoms with van der Waals surface area (Å²) in [4.78, 5) is 14.9. The van der Waals surface area contributed by atoms with Gasteiger partial charge in [0.1, 0.15) is 5.75 Å². The first kappa shape index (κ1) is 16.4. The van der Waals surface area contributed by atoms with Crippen molar-refractivity contribution in [2.45, 2.75) is 0 Å². The number of hydrazone groups is 1. The van der Waals surface area contributed by atoms with E-state index in [1.54, 1.807) is 24.4 Å². The molecule has 0 aliphatic carbocycles. The maximum Gasteiger partial charge on any atom is 0.277 e. The van der Waals surface area contributed by atoms with Gasteiger partial charge in [-0.1, -0.05) is 41.4 Å². The third-order valence-corrected chi connectivity index (χ3v) is 3.81. The average molecular weight is 362 g/mol. The van der Waals surface area contributed by atoms with Crippen LogP contribution < -0.4 is 10.2 Å². The van der Waals surface area contributed by atoms with E-state index in [1.807, 2.05) is 30.5 Å². The summed E-state index contributed by atoms with van der Waals surface area (Å²) < 4.78 is 5.33. The lowest BCUT2D eigenvalue weighted by Crippen LogP contribution is -2.24. The Labute approximate surface area is 148 Å². The number of H-pyrrole nitrogens is 1. The summed E-state index contributed by atoms with van der Waals surface area (Å²) in [5.41, 5.74) is 4.29. The molecule has 1 heterocycles. The Bertz CT molecular complexity index is 906. The summed E-state index contributed by atoms with van der Waals surface area (Å²) in [6.07, 6.45) is 3.39. The van der Waals surface area contributed by atoms with E-state index in [0.29, 0.717) is 15.8 Å².